The van der Waals surface area contributed by atoms with Gasteiger partial charge in [-0.05, 0) is 63.3 Å². The molecule has 4 heteroatoms. The summed E-state index contributed by atoms with van der Waals surface area (Å²) in [5, 5.41) is 0. The van der Waals surface area contributed by atoms with Gasteiger partial charge in [0, 0.05) is 25.4 Å². The van der Waals surface area contributed by atoms with Crippen LogP contribution in [0.15, 0.2) is 35.5 Å². The lowest BCUT2D eigenvalue weighted by atomic mass is 9.98. The number of hydrogen-bond donors (Lipinski definition) is 0. The van der Waals surface area contributed by atoms with Crippen molar-refractivity contribution in [1.82, 2.24) is 9.55 Å². The van der Waals surface area contributed by atoms with Gasteiger partial charge in [0.1, 0.15) is 11.4 Å². The molecule has 1 aromatic heterocycles. The summed E-state index contributed by atoms with van der Waals surface area (Å²) in [7, 11) is 1.84. The Kier molecular flexibility index (Phi) is 5.90. The van der Waals surface area contributed by atoms with Gasteiger partial charge in [-0.25, -0.2) is 4.98 Å². The van der Waals surface area contributed by atoms with Crippen molar-refractivity contribution in [2.24, 2.45) is 4.99 Å². The van der Waals surface area contributed by atoms with E-state index in [1.165, 1.54) is 32.1 Å². The zero-order chi connectivity index (χ0) is 17.6. The molecule has 0 bridgehead atoms. The quantitative estimate of drug-likeness (QED) is 0.804. The monoisotopic (exact) mass is 339 g/mol. The highest BCUT2D eigenvalue weighted by Crippen LogP contribution is 2.25. The second kappa shape index (κ2) is 8.32. The Morgan fingerprint density at radius 2 is 1.88 bits per heavy atom. The van der Waals surface area contributed by atoms with Gasteiger partial charge < -0.3 is 9.30 Å². The topological polar surface area (TPSA) is 39.4 Å². The molecular formula is C21H29N3O. The summed E-state index contributed by atoms with van der Waals surface area (Å²) in [6, 6.07) is 8.34. The molecule has 0 unspecified atom stereocenters. The average molecular weight is 339 g/mol. The van der Waals surface area contributed by atoms with Crippen LogP contribution in [0.2, 0.25) is 0 Å². The van der Waals surface area contributed by atoms with Crippen molar-refractivity contribution in [3.8, 4) is 17.0 Å². The van der Waals surface area contributed by atoms with Crippen LogP contribution < -0.4 is 10.2 Å². The number of benzene rings is 1. The van der Waals surface area contributed by atoms with Crippen LogP contribution in [0.3, 0.4) is 0 Å². The zero-order valence-corrected chi connectivity index (χ0v) is 15.7. The molecule has 25 heavy (non-hydrogen) atoms. The molecule has 0 atom stereocenters. The first-order valence-corrected chi connectivity index (χ1v) is 9.49. The highest BCUT2D eigenvalue weighted by atomic mass is 16.5. The van der Waals surface area contributed by atoms with E-state index in [1.807, 2.05) is 14.0 Å². The van der Waals surface area contributed by atoms with Gasteiger partial charge >= 0.3 is 0 Å². The van der Waals surface area contributed by atoms with Gasteiger partial charge in [0.25, 0.3) is 0 Å². The summed E-state index contributed by atoms with van der Waals surface area (Å²) in [6.45, 7) is 5.17. The molecule has 134 valence electrons. The third kappa shape index (κ3) is 4.30. The minimum absolute atomic E-state index is 0.379. The van der Waals surface area contributed by atoms with E-state index in [0.29, 0.717) is 6.10 Å². The second-order valence-electron chi connectivity index (χ2n) is 6.87. The van der Waals surface area contributed by atoms with E-state index in [0.717, 1.165) is 41.2 Å². The van der Waals surface area contributed by atoms with Crippen LogP contribution in [0.5, 0.6) is 5.75 Å². The number of ether oxygens (including phenoxy) is 1. The summed E-state index contributed by atoms with van der Waals surface area (Å²) in [4.78, 5) is 9.24. The van der Waals surface area contributed by atoms with E-state index in [-0.39, 0.29) is 0 Å². The van der Waals surface area contributed by atoms with E-state index in [2.05, 4.69) is 46.9 Å². The van der Waals surface area contributed by atoms with Crippen LogP contribution in [0.25, 0.3) is 11.3 Å². The summed E-state index contributed by atoms with van der Waals surface area (Å²) in [6.07, 6.45) is 9.81. The summed E-state index contributed by atoms with van der Waals surface area (Å²) in [5.41, 5.74) is 3.98. The molecule has 0 spiro atoms. The molecule has 1 heterocycles. The van der Waals surface area contributed by atoms with Crippen LogP contribution in [0.4, 0.5) is 0 Å². The molecule has 0 amide bonds. The molecule has 1 saturated carbocycles. The Bertz CT molecular complexity index is 756. The lowest BCUT2D eigenvalue weighted by molar-refractivity contribution is 0.155. The Morgan fingerprint density at radius 3 is 2.52 bits per heavy atom. The van der Waals surface area contributed by atoms with Crippen molar-refractivity contribution in [2.45, 2.75) is 65.0 Å². The van der Waals surface area contributed by atoms with Crippen LogP contribution in [0, 0.1) is 6.92 Å². The summed E-state index contributed by atoms with van der Waals surface area (Å²) in [5.74, 6) is 0.958. The van der Waals surface area contributed by atoms with E-state index < -0.39 is 0 Å². The predicted octanol–water partition coefficient (Wildman–Crippen LogP) is 4.51. The number of nitrogens with zero attached hydrogens (tertiary/aromatic N) is 3. The number of aromatic nitrogens is 2. The van der Waals surface area contributed by atoms with Crippen LogP contribution in [-0.2, 0) is 6.54 Å². The first-order chi connectivity index (χ1) is 12.2. The van der Waals surface area contributed by atoms with Gasteiger partial charge in [0.05, 0.1) is 11.8 Å². The minimum Gasteiger partial charge on any atom is -0.490 e. The van der Waals surface area contributed by atoms with E-state index >= 15 is 0 Å². The molecule has 0 radical (unpaired) electrons. The highest BCUT2D eigenvalue weighted by Gasteiger charge is 2.15. The summed E-state index contributed by atoms with van der Waals surface area (Å²) >= 11 is 0. The average Bonchev–Trinajstić information content (AvgIpc) is 2.63. The third-order valence-electron chi connectivity index (χ3n) is 4.77. The van der Waals surface area contributed by atoms with Crippen molar-refractivity contribution >= 4 is 0 Å². The molecular weight excluding hydrogens is 310 g/mol. The van der Waals surface area contributed by atoms with E-state index in [9.17, 15) is 0 Å². The maximum Gasteiger partial charge on any atom is 0.154 e. The third-order valence-corrected chi connectivity index (χ3v) is 4.77. The van der Waals surface area contributed by atoms with Crippen molar-refractivity contribution in [2.75, 3.05) is 7.05 Å². The number of hydrogen-bond acceptors (Lipinski definition) is 3. The fraction of sp³-hybridized carbons (Fsp3) is 0.524. The van der Waals surface area contributed by atoms with Crippen molar-refractivity contribution in [3.63, 3.8) is 0 Å². The molecule has 0 aliphatic heterocycles. The van der Waals surface area contributed by atoms with Crippen molar-refractivity contribution < 1.29 is 4.74 Å². The lowest BCUT2D eigenvalue weighted by Crippen LogP contribution is -2.25. The van der Waals surface area contributed by atoms with Crippen LogP contribution >= 0.6 is 0 Å². The summed E-state index contributed by atoms with van der Waals surface area (Å²) < 4.78 is 8.34. The van der Waals surface area contributed by atoms with Gasteiger partial charge in [-0.2, -0.15) is 0 Å². The van der Waals surface area contributed by atoms with E-state index in [1.54, 1.807) is 0 Å². The molecule has 0 N–H and O–H groups in total. The van der Waals surface area contributed by atoms with Gasteiger partial charge in [0.15, 0.2) is 5.49 Å². The maximum absolute atomic E-state index is 6.14. The Hall–Kier alpha value is -2.10. The Morgan fingerprint density at radius 1 is 1.16 bits per heavy atom. The van der Waals surface area contributed by atoms with Gasteiger partial charge in [-0.3, -0.25) is 4.99 Å². The molecule has 1 fully saturated rings. The zero-order valence-electron chi connectivity index (χ0n) is 15.7. The van der Waals surface area contributed by atoms with Crippen molar-refractivity contribution in [1.29, 1.82) is 0 Å². The molecule has 1 aliphatic carbocycles. The van der Waals surface area contributed by atoms with Gasteiger partial charge in [0.2, 0.25) is 0 Å². The molecule has 4 nitrogen and oxygen atoms in total. The fourth-order valence-corrected chi connectivity index (χ4v) is 3.58. The standard InChI is InChI=1S/C21H29N3O/c1-4-14-24-15-16(2)23-20(21(24)22-3)17-10-12-19(13-11-17)25-18-8-6-5-7-9-18/h10-13,15,18H,4-9,14H2,1-3H3. The second-order valence-corrected chi connectivity index (χ2v) is 6.87. The predicted molar refractivity (Wildman–Crippen MR) is 102 cm³/mol. The first kappa shape index (κ1) is 17.7. The number of aryl methyl sites for hydroxylation is 2. The first-order valence-electron chi connectivity index (χ1n) is 9.49. The van der Waals surface area contributed by atoms with Gasteiger partial charge in [-0.1, -0.05) is 13.3 Å². The Labute approximate surface area is 150 Å². The molecule has 0 saturated heterocycles. The fourth-order valence-electron chi connectivity index (χ4n) is 3.58. The largest absolute Gasteiger partial charge is 0.490 e. The van der Waals surface area contributed by atoms with Crippen LogP contribution in [-0.4, -0.2) is 22.7 Å². The maximum atomic E-state index is 6.14. The highest BCUT2D eigenvalue weighted by molar-refractivity contribution is 5.59. The van der Waals surface area contributed by atoms with Crippen LogP contribution in [0.1, 0.15) is 51.1 Å². The molecule has 2 aromatic rings. The smallest absolute Gasteiger partial charge is 0.154 e. The SMILES string of the molecule is CCCn1cc(C)nc(-c2ccc(OC3CCCCC3)cc2)c1=NC. The Balaban J connectivity index is 1.87. The van der Waals surface area contributed by atoms with Crippen molar-refractivity contribution in [3.05, 3.63) is 41.6 Å². The van der Waals surface area contributed by atoms with Gasteiger partial charge in [-0.15, -0.1) is 0 Å². The molecule has 3 rings (SSSR count). The normalized spacial score (nSPS) is 16.2. The molecule has 1 aromatic carbocycles. The lowest BCUT2D eigenvalue weighted by Gasteiger charge is -2.23. The number of rotatable bonds is 5. The van der Waals surface area contributed by atoms with E-state index in [4.69, 9.17) is 9.72 Å². The molecule has 1 aliphatic rings. The minimum atomic E-state index is 0.379.